The molecule has 0 aliphatic heterocycles. The fourth-order valence-corrected chi connectivity index (χ4v) is 7.19. The minimum absolute atomic E-state index is 0.0427. The molecule has 33 heavy (non-hydrogen) atoms. The molecule has 0 radical (unpaired) electrons. The van der Waals surface area contributed by atoms with Crippen molar-refractivity contribution in [2.75, 3.05) is 0 Å². The topological polar surface area (TPSA) is 168 Å². The van der Waals surface area contributed by atoms with E-state index >= 15 is 0 Å². The minimum atomic E-state index is -6.14. The van der Waals surface area contributed by atoms with Gasteiger partial charge in [-0.25, -0.2) is 0 Å². The molecular formula is C20H16N4O8Sn. The molecule has 0 atom stereocenters. The van der Waals surface area contributed by atoms with Gasteiger partial charge in [-0.15, -0.1) is 0 Å². The summed E-state index contributed by atoms with van der Waals surface area (Å²) in [4.78, 5) is 61.4. The number of nitrogens with one attached hydrogen (secondary N) is 4. The Morgan fingerprint density at radius 2 is 0.727 bits per heavy atom. The number of hydrogen-bond acceptors (Lipinski definition) is 8. The van der Waals surface area contributed by atoms with E-state index in [-0.39, 0.29) is 22.8 Å². The van der Waals surface area contributed by atoms with Crippen molar-refractivity contribution in [3.63, 3.8) is 0 Å². The molecule has 4 N–H and O–H groups in total. The molecule has 0 aliphatic carbocycles. The number of rotatable bonds is 8. The summed E-state index contributed by atoms with van der Waals surface area (Å²) in [5.74, 6) is -4.19. The van der Waals surface area contributed by atoms with Crippen molar-refractivity contribution in [2.24, 2.45) is 0 Å². The Morgan fingerprint density at radius 3 is 0.909 bits per heavy atom. The van der Waals surface area contributed by atoms with Gasteiger partial charge in [0.25, 0.3) is 0 Å². The molecule has 4 aromatic rings. The van der Waals surface area contributed by atoms with Crippen molar-refractivity contribution in [3.8, 4) is 0 Å². The summed E-state index contributed by atoms with van der Waals surface area (Å²) in [7, 11) is 0. The van der Waals surface area contributed by atoms with Gasteiger partial charge in [0.15, 0.2) is 0 Å². The Labute approximate surface area is 191 Å². The zero-order chi connectivity index (χ0) is 23.3. The molecule has 4 heterocycles. The maximum absolute atomic E-state index is 12.7. The standard InChI is InChI=1S/4C5H5NO2.Sn/c4*7-5(8)4-2-1-3-6-4;/h4*1-3,6H,(H,7,8);/q;;;;+4/p-4. The van der Waals surface area contributed by atoms with E-state index in [4.69, 9.17) is 12.3 Å². The maximum atomic E-state index is 12.7. The van der Waals surface area contributed by atoms with E-state index in [0.717, 1.165) is 0 Å². The molecule has 0 amide bonds. The first kappa shape index (κ1) is 22.0. The zero-order valence-corrected chi connectivity index (χ0v) is 19.5. The molecule has 0 bridgehead atoms. The molecule has 0 fully saturated rings. The first-order chi connectivity index (χ1) is 16.0. The predicted octanol–water partition coefficient (Wildman–Crippen LogP) is 2.16. The second kappa shape index (κ2) is 9.52. The molecular weight excluding hydrogens is 543 g/mol. The summed E-state index contributed by atoms with van der Waals surface area (Å²) in [6, 6.07) is 11.6. The van der Waals surface area contributed by atoms with Crippen LogP contribution in [0.15, 0.2) is 73.3 Å². The first-order valence-electron chi connectivity index (χ1n) is 9.43. The van der Waals surface area contributed by atoms with Gasteiger partial charge in [0, 0.05) is 0 Å². The van der Waals surface area contributed by atoms with Crippen LogP contribution in [0.3, 0.4) is 0 Å². The summed E-state index contributed by atoms with van der Waals surface area (Å²) < 4.78 is 21.4. The van der Waals surface area contributed by atoms with Crippen molar-refractivity contribution in [1.82, 2.24) is 19.9 Å². The number of hydrogen-bond donors (Lipinski definition) is 4. The number of carbonyl (C=O) groups excluding carboxylic acids is 4. The Hall–Kier alpha value is -4.20. The quantitative estimate of drug-likeness (QED) is 0.238. The van der Waals surface area contributed by atoms with Crippen LogP contribution in [0.4, 0.5) is 0 Å². The molecule has 0 saturated carbocycles. The van der Waals surface area contributed by atoms with Gasteiger partial charge >= 0.3 is 191 Å². The van der Waals surface area contributed by atoms with Crippen molar-refractivity contribution < 1.29 is 31.5 Å². The van der Waals surface area contributed by atoms with Crippen molar-refractivity contribution in [2.45, 2.75) is 0 Å². The van der Waals surface area contributed by atoms with E-state index in [9.17, 15) is 19.2 Å². The molecule has 0 aliphatic rings. The van der Waals surface area contributed by atoms with E-state index in [2.05, 4.69) is 19.9 Å². The van der Waals surface area contributed by atoms with Gasteiger partial charge in [-0.1, -0.05) is 0 Å². The van der Waals surface area contributed by atoms with Crippen LogP contribution < -0.4 is 0 Å². The van der Waals surface area contributed by atoms with Crippen LogP contribution in [-0.2, 0) is 12.3 Å². The van der Waals surface area contributed by atoms with Crippen molar-refractivity contribution >= 4 is 43.9 Å². The van der Waals surface area contributed by atoms with Gasteiger partial charge < -0.3 is 0 Å². The Bertz CT molecular complexity index is 1030. The normalized spacial score (nSPS) is 10.9. The molecule has 12 nitrogen and oxygen atoms in total. The summed E-state index contributed by atoms with van der Waals surface area (Å²) in [5.41, 5.74) is -0.171. The SMILES string of the molecule is O=C([O][Sn]([O]C(=O)c1ccc[nH]1)([O]C(=O)c1ccc[nH]1)[O]C(=O)c1ccc[nH]1)c1ccc[nH]1. The average Bonchev–Trinajstić information content (AvgIpc) is 3.61. The van der Waals surface area contributed by atoms with Crippen LogP contribution in [0.2, 0.25) is 0 Å². The average molecular weight is 559 g/mol. The molecule has 0 saturated heterocycles. The first-order valence-corrected chi connectivity index (χ1v) is 14.1. The molecule has 168 valence electrons. The van der Waals surface area contributed by atoms with Crippen molar-refractivity contribution in [1.29, 1.82) is 0 Å². The third kappa shape index (κ3) is 5.17. The second-order valence-electron chi connectivity index (χ2n) is 6.39. The van der Waals surface area contributed by atoms with Gasteiger partial charge in [0.1, 0.15) is 0 Å². The number of aromatic amines is 4. The summed E-state index contributed by atoms with van der Waals surface area (Å²) in [5, 5.41) is 0. The monoisotopic (exact) mass is 560 g/mol. The predicted molar refractivity (Wildman–Crippen MR) is 111 cm³/mol. The van der Waals surface area contributed by atoms with Crippen LogP contribution >= 0.6 is 0 Å². The number of aromatic nitrogens is 4. The molecule has 13 heteroatoms. The van der Waals surface area contributed by atoms with Gasteiger partial charge in [-0.3, -0.25) is 0 Å². The van der Waals surface area contributed by atoms with Crippen LogP contribution in [-0.4, -0.2) is 63.8 Å². The molecule has 0 aromatic carbocycles. The van der Waals surface area contributed by atoms with Crippen LogP contribution in [0.1, 0.15) is 42.0 Å². The molecule has 4 rings (SSSR count). The number of carbonyl (C=O) groups is 4. The van der Waals surface area contributed by atoms with Crippen molar-refractivity contribution in [3.05, 3.63) is 96.1 Å². The van der Waals surface area contributed by atoms with E-state index in [1.165, 1.54) is 73.3 Å². The molecule has 0 unspecified atom stereocenters. The van der Waals surface area contributed by atoms with Crippen LogP contribution in [0.5, 0.6) is 0 Å². The fraction of sp³-hybridized carbons (Fsp3) is 0. The van der Waals surface area contributed by atoms with E-state index in [1.807, 2.05) is 0 Å². The van der Waals surface area contributed by atoms with Gasteiger partial charge in [-0.2, -0.15) is 0 Å². The summed E-state index contributed by atoms with van der Waals surface area (Å²) in [6.07, 6.45) is 5.81. The summed E-state index contributed by atoms with van der Waals surface area (Å²) in [6.45, 7) is 0. The Balaban J connectivity index is 1.71. The summed E-state index contributed by atoms with van der Waals surface area (Å²) >= 11 is -6.14. The Kier molecular flexibility index (Phi) is 6.35. The zero-order valence-electron chi connectivity index (χ0n) is 16.7. The van der Waals surface area contributed by atoms with Crippen LogP contribution in [0, 0.1) is 0 Å². The van der Waals surface area contributed by atoms with E-state index < -0.39 is 43.9 Å². The third-order valence-electron chi connectivity index (χ3n) is 4.14. The Morgan fingerprint density at radius 1 is 0.485 bits per heavy atom. The second-order valence-corrected chi connectivity index (χ2v) is 11.6. The van der Waals surface area contributed by atoms with E-state index in [1.54, 1.807) is 0 Å². The van der Waals surface area contributed by atoms with Gasteiger partial charge in [-0.05, 0) is 0 Å². The molecule has 0 spiro atoms. The fourth-order valence-electron chi connectivity index (χ4n) is 2.63. The molecule has 4 aromatic heterocycles. The number of H-pyrrole nitrogens is 4. The van der Waals surface area contributed by atoms with Gasteiger partial charge in [0.05, 0.1) is 0 Å². The van der Waals surface area contributed by atoms with Crippen LogP contribution in [0.25, 0.3) is 0 Å². The van der Waals surface area contributed by atoms with Gasteiger partial charge in [0.2, 0.25) is 0 Å². The third-order valence-corrected chi connectivity index (χ3v) is 9.11. The van der Waals surface area contributed by atoms with E-state index in [0.29, 0.717) is 0 Å².